The summed E-state index contributed by atoms with van der Waals surface area (Å²) in [5.74, 6) is 0.0301. The first-order valence-electron chi connectivity index (χ1n) is 7.45. The molecule has 1 unspecified atom stereocenters. The summed E-state index contributed by atoms with van der Waals surface area (Å²) in [6, 6.07) is 8.79. The number of aromatic nitrogens is 1. The molecular weight excluding hydrogens is 280 g/mol. The quantitative estimate of drug-likeness (QED) is 0.863. The number of aryl methyl sites for hydroxylation is 3. The predicted octanol–water partition coefficient (Wildman–Crippen LogP) is 3.44. The number of fused-ring (bicyclic) bond motifs is 1. The van der Waals surface area contributed by atoms with Crippen molar-refractivity contribution in [2.24, 2.45) is 0 Å². The summed E-state index contributed by atoms with van der Waals surface area (Å²) in [5.41, 5.74) is 3.64. The minimum atomic E-state index is 0.0301. The molecule has 1 atom stereocenters. The minimum Gasteiger partial charge on any atom is -0.348 e. The highest BCUT2D eigenvalue weighted by Crippen LogP contribution is 2.22. The number of hydrogen-bond acceptors (Lipinski definition) is 3. The zero-order valence-corrected chi connectivity index (χ0v) is 13.3. The van der Waals surface area contributed by atoms with Crippen LogP contribution in [0, 0.1) is 13.8 Å². The van der Waals surface area contributed by atoms with Crippen molar-refractivity contribution >= 4 is 17.2 Å². The van der Waals surface area contributed by atoms with Gasteiger partial charge in [0.05, 0.1) is 10.7 Å². The van der Waals surface area contributed by atoms with Gasteiger partial charge in [0.2, 0.25) is 0 Å². The van der Waals surface area contributed by atoms with E-state index in [1.807, 2.05) is 13.8 Å². The van der Waals surface area contributed by atoms with Crippen LogP contribution in [0.4, 0.5) is 0 Å². The third-order valence-electron chi connectivity index (χ3n) is 4.03. The van der Waals surface area contributed by atoms with E-state index >= 15 is 0 Å². The van der Waals surface area contributed by atoms with Gasteiger partial charge in [0.15, 0.2) is 0 Å². The van der Waals surface area contributed by atoms with Gasteiger partial charge in [0, 0.05) is 6.04 Å². The maximum atomic E-state index is 12.4. The van der Waals surface area contributed by atoms with E-state index in [4.69, 9.17) is 0 Å². The van der Waals surface area contributed by atoms with Gasteiger partial charge < -0.3 is 5.32 Å². The standard InChI is InChI=1S/C17H20N2OS/c1-11-16(21-12(2)18-11)17(20)19-15-9-5-8-13-6-3-4-7-14(13)10-15/h3-4,6-7,15H,5,8-10H2,1-2H3,(H,19,20). The van der Waals surface area contributed by atoms with Gasteiger partial charge in [-0.2, -0.15) is 0 Å². The average molecular weight is 300 g/mol. The molecule has 2 aromatic rings. The Hall–Kier alpha value is -1.68. The van der Waals surface area contributed by atoms with Crippen molar-refractivity contribution in [3.8, 4) is 0 Å². The molecule has 1 heterocycles. The molecule has 1 aliphatic rings. The van der Waals surface area contributed by atoms with Gasteiger partial charge in [-0.15, -0.1) is 11.3 Å². The van der Waals surface area contributed by atoms with Crippen LogP contribution in [0.3, 0.4) is 0 Å². The molecular formula is C17H20N2OS. The molecule has 1 aliphatic carbocycles. The maximum absolute atomic E-state index is 12.4. The van der Waals surface area contributed by atoms with E-state index in [-0.39, 0.29) is 11.9 Å². The number of benzene rings is 1. The van der Waals surface area contributed by atoms with Gasteiger partial charge >= 0.3 is 0 Å². The second-order valence-corrected chi connectivity index (χ2v) is 6.89. The molecule has 0 aliphatic heterocycles. The molecule has 3 rings (SSSR count). The Bertz CT molecular complexity index is 663. The molecule has 110 valence electrons. The fourth-order valence-electron chi connectivity index (χ4n) is 3.02. The fraction of sp³-hybridized carbons (Fsp3) is 0.412. The highest BCUT2D eigenvalue weighted by molar-refractivity contribution is 7.13. The summed E-state index contributed by atoms with van der Waals surface area (Å²) in [5, 5.41) is 4.15. The molecule has 0 spiro atoms. The first-order valence-corrected chi connectivity index (χ1v) is 8.27. The molecule has 0 saturated carbocycles. The van der Waals surface area contributed by atoms with Crippen LogP contribution in [0.25, 0.3) is 0 Å². The van der Waals surface area contributed by atoms with E-state index in [9.17, 15) is 4.79 Å². The second kappa shape index (κ2) is 5.98. The van der Waals surface area contributed by atoms with Crippen molar-refractivity contribution in [2.45, 2.75) is 45.6 Å². The number of amides is 1. The molecule has 0 saturated heterocycles. The summed E-state index contributed by atoms with van der Waals surface area (Å²) in [4.78, 5) is 17.5. The number of thiazole rings is 1. The summed E-state index contributed by atoms with van der Waals surface area (Å²) in [6.07, 6.45) is 4.21. The van der Waals surface area contributed by atoms with E-state index in [0.717, 1.165) is 41.3 Å². The van der Waals surface area contributed by atoms with Crippen LogP contribution in [-0.2, 0) is 12.8 Å². The topological polar surface area (TPSA) is 42.0 Å². The lowest BCUT2D eigenvalue weighted by Gasteiger charge is -2.16. The van der Waals surface area contributed by atoms with E-state index in [1.54, 1.807) is 0 Å². The second-order valence-electron chi connectivity index (χ2n) is 5.68. The normalized spacial score (nSPS) is 17.9. The number of rotatable bonds is 2. The Morgan fingerprint density at radius 2 is 2.05 bits per heavy atom. The minimum absolute atomic E-state index is 0.0301. The molecule has 4 heteroatoms. The van der Waals surface area contributed by atoms with Crippen LogP contribution in [0.1, 0.15) is 44.3 Å². The van der Waals surface area contributed by atoms with Crippen molar-refractivity contribution in [3.63, 3.8) is 0 Å². The first-order chi connectivity index (χ1) is 10.1. The predicted molar refractivity (Wildman–Crippen MR) is 85.9 cm³/mol. The van der Waals surface area contributed by atoms with Crippen molar-refractivity contribution in [1.29, 1.82) is 0 Å². The molecule has 0 fully saturated rings. The van der Waals surface area contributed by atoms with Crippen LogP contribution in [-0.4, -0.2) is 16.9 Å². The molecule has 1 aromatic carbocycles. The fourth-order valence-corrected chi connectivity index (χ4v) is 3.85. The van der Waals surface area contributed by atoms with Crippen LogP contribution < -0.4 is 5.32 Å². The maximum Gasteiger partial charge on any atom is 0.263 e. The highest BCUT2D eigenvalue weighted by Gasteiger charge is 2.21. The van der Waals surface area contributed by atoms with E-state index in [1.165, 1.54) is 22.5 Å². The van der Waals surface area contributed by atoms with Crippen LogP contribution in [0.2, 0.25) is 0 Å². The van der Waals surface area contributed by atoms with Crippen molar-refractivity contribution in [3.05, 3.63) is 51.0 Å². The zero-order chi connectivity index (χ0) is 14.8. The van der Waals surface area contributed by atoms with Crippen molar-refractivity contribution in [2.75, 3.05) is 0 Å². The zero-order valence-electron chi connectivity index (χ0n) is 12.5. The third kappa shape index (κ3) is 3.16. The number of carbonyl (C=O) groups is 1. The summed E-state index contributed by atoms with van der Waals surface area (Å²) < 4.78 is 0. The van der Waals surface area contributed by atoms with Gasteiger partial charge in [-0.05, 0) is 50.7 Å². The summed E-state index contributed by atoms with van der Waals surface area (Å²) >= 11 is 1.48. The van der Waals surface area contributed by atoms with Gasteiger partial charge in [-0.25, -0.2) is 4.98 Å². The van der Waals surface area contributed by atoms with Crippen molar-refractivity contribution in [1.82, 2.24) is 10.3 Å². The Morgan fingerprint density at radius 1 is 1.29 bits per heavy atom. The number of nitrogens with one attached hydrogen (secondary N) is 1. The molecule has 1 aromatic heterocycles. The van der Waals surface area contributed by atoms with Gasteiger partial charge in [-0.1, -0.05) is 24.3 Å². The van der Waals surface area contributed by atoms with Gasteiger partial charge in [0.1, 0.15) is 4.88 Å². The highest BCUT2D eigenvalue weighted by atomic mass is 32.1. The van der Waals surface area contributed by atoms with Crippen LogP contribution >= 0.6 is 11.3 Å². The summed E-state index contributed by atoms with van der Waals surface area (Å²) in [6.45, 7) is 3.84. The Morgan fingerprint density at radius 3 is 2.76 bits per heavy atom. The van der Waals surface area contributed by atoms with Crippen LogP contribution in [0.5, 0.6) is 0 Å². The lowest BCUT2D eigenvalue weighted by atomic mass is 10.0. The monoisotopic (exact) mass is 300 g/mol. The van der Waals surface area contributed by atoms with E-state index < -0.39 is 0 Å². The lowest BCUT2D eigenvalue weighted by Crippen LogP contribution is -2.36. The summed E-state index contributed by atoms with van der Waals surface area (Å²) in [7, 11) is 0. The Labute approximate surface area is 129 Å². The van der Waals surface area contributed by atoms with Crippen molar-refractivity contribution < 1.29 is 4.79 Å². The molecule has 3 nitrogen and oxygen atoms in total. The number of carbonyl (C=O) groups excluding carboxylic acids is 1. The van der Waals surface area contributed by atoms with Gasteiger partial charge in [-0.3, -0.25) is 4.79 Å². The van der Waals surface area contributed by atoms with E-state index in [2.05, 4.69) is 34.6 Å². The van der Waals surface area contributed by atoms with Crippen LogP contribution in [0.15, 0.2) is 24.3 Å². The van der Waals surface area contributed by atoms with E-state index in [0.29, 0.717) is 0 Å². The number of hydrogen-bond donors (Lipinski definition) is 1. The molecule has 0 bridgehead atoms. The smallest absolute Gasteiger partial charge is 0.263 e. The van der Waals surface area contributed by atoms with Gasteiger partial charge in [0.25, 0.3) is 5.91 Å². The number of nitrogens with zero attached hydrogens (tertiary/aromatic N) is 1. The Kier molecular flexibility index (Phi) is 4.06. The molecule has 1 N–H and O–H groups in total. The average Bonchev–Trinajstić information content (AvgIpc) is 2.68. The Balaban J connectivity index is 1.73. The molecule has 1 amide bonds. The lowest BCUT2D eigenvalue weighted by molar-refractivity contribution is 0.0938. The SMILES string of the molecule is Cc1nc(C)c(C(=O)NC2CCCc3ccccc3C2)s1. The molecule has 0 radical (unpaired) electrons. The first kappa shape index (κ1) is 14.3. The largest absolute Gasteiger partial charge is 0.348 e. The third-order valence-corrected chi connectivity index (χ3v) is 5.10. The molecule has 21 heavy (non-hydrogen) atoms.